The zero-order valence-electron chi connectivity index (χ0n) is 9.95. The maximum absolute atomic E-state index is 10.3. The summed E-state index contributed by atoms with van der Waals surface area (Å²) in [7, 11) is 1.59. The van der Waals surface area contributed by atoms with Crippen LogP contribution in [0.25, 0.3) is 0 Å². The summed E-state index contributed by atoms with van der Waals surface area (Å²) < 4.78 is 5.17. The Balaban J connectivity index is 2.15. The summed E-state index contributed by atoms with van der Waals surface area (Å²) in [5.74, 6) is 0.944. The Morgan fingerprint density at radius 3 is 2.76 bits per heavy atom. The number of nitrogens with one attached hydrogen (secondary N) is 1. The fraction of sp³-hybridized carbons (Fsp3) is 0.538. The molecule has 0 radical (unpaired) electrons. The van der Waals surface area contributed by atoms with E-state index in [9.17, 15) is 5.11 Å². The Bertz CT molecular complexity index is 378. The average molecular weight is 256 g/mol. The number of benzene rings is 1. The topological polar surface area (TPSA) is 41.5 Å². The van der Waals surface area contributed by atoms with Gasteiger partial charge in [0.25, 0.3) is 0 Å². The number of aliphatic hydroxyl groups is 1. The minimum absolute atomic E-state index is 0.321. The number of aliphatic hydroxyl groups excluding tert-OH is 1. The van der Waals surface area contributed by atoms with E-state index in [4.69, 9.17) is 16.3 Å². The van der Waals surface area contributed by atoms with E-state index in [0.717, 1.165) is 31.5 Å². The number of methoxy groups -OCH3 is 1. The van der Waals surface area contributed by atoms with Crippen molar-refractivity contribution in [2.45, 2.75) is 18.9 Å². The van der Waals surface area contributed by atoms with Crippen molar-refractivity contribution in [2.24, 2.45) is 5.92 Å². The Labute approximate surface area is 107 Å². The highest BCUT2D eigenvalue weighted by Gasteiger charge is 2.23. The summed E-state index contributed by atoms with van der Waals surface area (Å²) in [5, 5.41) is 14.2. The molecule has 1 fully saturated rings. The first-order valence-corrected chi connectivity index (χ1v) is 6.32. The van der Waals surface area contributed by atoms with Crippen LogP contribution >= 0.6 is 11.6 Å². The third-order valence-electron chi connectivity index (χ3n) is 3.35. The van der Waals surface area contributed by atoms with Gasteiger partial charge >= 0.3 is 0 Å². The number of ether oxygens (including phenoxy) is 1. The van der Waals surface area contributed by atoms with Crippen LogP contribution in [0.1, 0.15) is 24.5 Å². The van der Waals surface area contributed by atoms with Crippen molar-refractivity contribution >= 4 is 11.6 Å². The van der Waals surface area contributed by atoms with Crippen molar-refractivity contribution in [1.29, 1.82) is 0 Å². The van der Waals surface area contributed by atoms with Crippen molar-refractivity contribution in [2.75, 3.05) is 20.2 Å². The van der Waals surface area contributed by atoms with Gasteiger partial charge in [0.1, 0.15) is 5.75 Å². The van der Waals surface area contributed by atoms with Crippen LogP contribution in [0.5, 0.6) is 5.75 Å². The lowest BCUT2D eigenvalue weighted by molar-refractivity contribution is 0.0887. The molecule has 0 bridgehead atoms. The molecule has 2 rings (SSSR count). The third-order valence-corrected chi connectivity index (χ3v) is 3.66. The lowest BCUT2D eigenvalue weighted by Gasteiger charge is -2.27. The van der Waals surface area contributed by atoms with Gasteiger partial charge in [-0.15, -0.1) is 0 Å². The van der Waals surface area contributed by atoms with E-state index in [0.29, 0.717) is 16.7 Å². The number of piperidine rings is 1. The van der Waals surface area contributed by atoms with Crippen molar-refractivity contribution in [3.63, 3.8) is 0 Å². The summed E-state index contributed by atoms with van der Waals surface area (Å²) in [5.41, 5.74) is 0.887. The molecular formula is C13H18ClNO2. The van der Waals surface area contributed by atoms with E-state index in [1.807, 2.05) is 12.1 Å². The summed E-state index contributed by atoms with van der Waals surface area (Å²) >= 11 is 5.97. The fourth-order valence-electron chi connectivity index (χ4n) is 2.29. The largest absolute Gasteiger partial charge is 0.495 e. The quantitative estimate of drug-likeness (QED) is 0.872. The Morgan fingerprint density at radius 2 is 2.12 bits per heavy atom. The molecule has 1 aromatic carbocycles. The van der Waals surface area contributed by atoms with Crippen LogP contribution in [0.2, 0.25) is 5.02 Å². The third kappa shape index (κ3) is 2.92. The van der Waals surface area contributed by atoms with Gasteiger partial charge in [-0.2, -0.15) is 0 Å². The van der Waals surface area contributed by atoms with Gasteiger partial charge in [0.15, 0.2) is 0 Å². The molecule has 1 atom stereocenters. The van der Waals surface area contributed by atoms with Gasteiger partial charge in [-0.25, -0.2) is 0 Å². The van der Waals surface area contributed by atoms with Gasteiger partial charge in [-0.3, -0.25) is 0 Å². The van der Waals surface area contributed by atoms with Gasteiger partial charge < -0.3 is 15.2 Å². The first-order valence-electron chi connectivity index (χ1n) is 5.94. The lowest BCUT2D eigenvalue weighted by atomic mass is 9.88. The monoisotopic (exact) mass is 255 g/mol. The van der Waals surface area contributed by atoms with Crippen LogP contribution in [0, 0.1) is 5.92 Å². The predicted octanol–water partition coefficient (Wildman–Crippen LogP) is 2.38. The molecule has 0 amide bonds. The SMILES string of the molecule is COc1cc(C(O)C2CCNCC2)ccc1Cl. The first kappa shape index (κ1) is 12.7. The molecule has 3 nitrogen and oxygen atoms in total. The molecule has 0 aliphatic carbocycles. The minimum Gasteiger partial charge on any atom is -0.495 e. The molecule has 0 saturated carbocycles. The van der Waals surface area contributed by atoms with E-state index in [2.05, 4.69) is 5.32 Å². The molecule has 1 aliphatic rings. The fourth-order valence-corrected chi connectivity index (χ4v) is 2.49. The zero-order valence-corrected chi connectivity index (χ0v) is 10.7. The molecule has 1 heterocycles. The Morgan fingerprint density at radius 1 is 1.41 bits per heavy atom. The molecule has 1 aromatic rings. The van der Waals surface area contributed by atoms with Crippen LogP contribution in [-0.2, 0) is 0 Å². The molecular weight excluding hydrogens is 238 g/mol. The van der Waals surface area contributed by atoms with Gasteiger partial charge in [0.05, 0.1) is 18.2 Å². The second-order valence-corrected chi connectivity index (χ2v) is 4.83. The minimum atomic E-state index is -0.428. The molecule has 94 valence electrons. The number of hydrogen-bond donors (Lipinski definition) is 2. The summed E-state index contributed by atoms with van der Waals surface area (Å²) in [6.45, 7) is 1.96. The predicted molar refractivity (Wildman–Crippen MR) is 68.6 cm³/mol. The first-order chi connectivity index (χ1) is 8.22. The van der Waals surface area contributed by atoms with Crippen LogP contribution in [0.15, 0.2) is 18.2 Å². The summed E-state index contributed by atoms with van der Waals surface area (Å²) in [6.07, 6.45) is 1.58. The Kier molecular flexibility index (Phi) is 4.26. The van der Waals surface area contributed by atoms with Crippen molar-refractivity contribution in [3.05, 3.63) is 28.8 Å². The van der Waals surface area contributed by atoms with Gasteiger partial charge in [0, 0.05) is 0 Å². The molecule has 0 aromatic heterocycles. The molecule has 1 saturated heterocycles. The highest BCUT2D eigenvalue weighted by atomic mass is 35.5. The number of rotatable bonds is 3. The molecule has 2 N–H and O–H groups in total. The molecule has 1 aliphatic heterocycles. The van der Waals surface area contributed by atoms with E-state index in [-0.39, 0.29) is 0 Å². The second-order valence-electron chi connectivity index (χ2n) is 4.43. The maximum Gasteiger partial charge on any atom is 0.137 e. The van der Waals surface area contributed by atoms with Crippen LogP contribution in [-0.4, -0.2) is 25.3 Å². The second kappa shape index (κ2) is 5.71. The number of halogens is 1. The van der Waals surface area contributed by atoms with Crippen LogP contribution in [0.3, 0.4) is 0 Å². The van der Waals surface area contributed by atoms with E-state index in [1.165, 1.54) is 0 Å². The van der Waals surface area contributed by atoms with Crippen LogP contribution in [0.4, 0.5) is 0 Å². The molecule has 1 unspecified atom stereocenters. The average Bonchev–Trinajstić information content (AvgIpc) is 2.39. The molecule has 0 spiro atoms. The van der Waals surface area contributed by atoms with E-state index < -0.39 is 6.10 Å². The van der Waals surface area contributed by atoms with Crippen molar-refractivity contribution in [1.82, 2.24) is 5.32 Å². The standard InChI is InChI=1S/C13H18ClNO2/c1-17-12-8-10(2-3-11(12)14)13(16)9-4-6-15-7-5-9/h2-3,8-9,13,15-16H,4-7H2,1H3. The normalized spacial score (nSPS) is 19.0. The van der Waals surface area contributed by atoms with Gasteiger partial charge in [-0.05, 0) is 49.5 Å². The summed E-state index contributed by atoms with van der Waals surface area (Å²) in [4.78, 5) is 0. The molecule has 4 heteroatoms. The highest BCUT2D eigenvalue weighted by molar-refractivity contribution is 6.32. The number of hydrogen-bond acceptors (Lipinski definition) is 3. The van der Waals surface area contributed by atoms with Gasteiger partial charge in [0.2, 0.25) is 0 Å². The smallest absolute Gasteiger partial charge is 0.137 e. The maximum atomic E-state index is 10.3. The van der Waals surface area contributed by atoms with Crippen molar-refractivity contribution < 1.29 is 9.84 Å². The lowest BCUT2D eigenvalue weighted by Crippen LogP contribution is -2.30. The highest BCUT2D eigenvalue weighted by Crippen LogP contribution is 2.33. The van der Waals surface area contributed by atoms with Gasteiger partial charge in [-0.1, -0.05) is 17.7 Å². The Hall–Kier alpha value is -0.770. The van der Waals surface area contributed by atoms with Crippen molar-refractivity contribution in [3.8, 4) is 5.75 Å². The van der Waals surface area contributed by atoms with Crippen LogP contribution < -0.4 is 10.1 Å². The zero-order chi connectivity index (χ0) is 12.3. The van der Waals surface area contributed by atoms with E-state index in [1.54, 1.807) is 13.2 Å². The van der Waals surface area contributed by atoms with E-state index >= 15 is 0 Å². The summed E-state index contributed by atoms with van der Waals surface area (Å²) in [6, 6.07) is 5.48. The molecule has 17 heavy (non-hydrogen) atoms.